The fraction of sp³-hybridized carbons (Fsp3) is 0.417. The molecule has 4 rings (SSSR count). The Morgan fingerprint density at radius 2 is 1.88 bits per heavy atom. The van der Waals surface area contributed by atoms with E-state index in [4.69, 9.17) is 0 Å². The smallest absolute Gasteiger partial charge is 0.328 e. The molecule has 1 amide bonds. The molecule has 9 nitrogen and oxygen atoms in total. The maximum Gasteiger partial charge on any atom is 0.328 e. The number of nitrogens with one attached hydrogen (secondary N) is 2. The van der Waals surface area contributed by atoms with Crippen LogP contribution in [0.1, 0.15) is 53.6 Å². The Morgan fingerprint density at radius 3 is 2.58 bits per heavy atom. The third kappa shape index (κ3) is 4.83. The van der Waals surface area contributed by atoms with Crippen LogP contribution in [-0.4, -0.2) is 36.7 Å². The van der Waals surface area contributed by atoms with Crippen LogP contribution in [0.2, 0.25) is 0 Å². The zero-order valence-electron chi connectivity index (χ0n) is 18.9. The molecule has 0 spiro atoms. The Bertz CT molecular complexity index is 1250. The van der Waals surface area contributed by atoms with Crippen LogP contribution >= 0.6 is 0 Å². The molecule has 0 radical (unpaired) electrons. The Morgan fingerprint density at radius 1 is 1.15 bits per heavy atom. The third-order valence-electron chi connectivity index (χ3n) is 6.22. The topological polar surface area (TPSA) is 122 Å². The van der Waals surface area contributed by atoms with Gasteiger partial charge in [-0.2, -0.15) is 0 Å². The molecule has 0 saturated carbocycles. The van der Waals surface area contributed by atoms with Gasteiger partial charge >= 0.3 is 5.69 Å². The number of H-pyrrole nitrogens is 1. The fourth-order valence-corrected chi connectivity index (χ4v) is 4.42. The van der Waals surface area contributed by atoms with E-state index in [0.717, 1.165) is 35.7 Å². The predicted molar refractivity (Wildman–Crippen MR) is 124 cm³/mol. The molecule has 1 aliphatic carbocycles. The molecule has 0 aromatic carbocycles. The first-order valence-electron chi connectivity index (χ1n) is 11.3. The highest BCUT2D eigenvalue weighted by molar-refractivity contribution is 5.75. The van der Waals surface area contributed by atoms with Crippen molar-refractivity contribution in [3.8, 4) is 5.82 Å². The summed E-state index contributed by atoms with van der Waals surface area (Å²) in [6.07, 6.45) is 3.95. The Hall–Kier alpha value is -3.46. The van der Waals surface area contributed by atoms with Crippen LogP contribution in [0.15, 0.2) is 40.1 Å². The summed E-state index contributed by atoms with van der Waals surface area (Å²) in [5.41, 5.74) is 3.34. The molecule has 3 aromatic heterocycles. The van der Waals surface area contributed by atoms with E-state index in [1.807, 2.05) is 36.6 Å². The van der Waals surface area contributed by atoms with Crippen molar-refractivity contribution in [1.29, 1.82) is 0 Å². The van der Waals surface area contributed by atoms with E-state index in [0.29, 0.717) is 24.0 Å². The number of amides is 1. The largest absolute Gasteiger partial charge is 0.387 e. The lowest BCUT2D eigenvalue weighted by Crippen LogP contribution is -2.38. The predicted octanol–water partition coefficient (Wildman–Crippen LogP) is 1.46. The van der Waals surface area contributed by atoms with E-state index in [2.05, 4.69) is 15.3 Å². The van der Waals surface area contributed by atoms with Crippen molar-refractivity contribution < 1.29 is 9.90 Å². The highest BCUT2D eigenvalue weighted by Gasteiger charge is 2.19. The average Bonchev–Trinajstić information content (AvgIpc) is 3.15. The normalized spacial score (nSPS) is 14.0. The number of hydrogen-bond acceptors (Lipinski definition) is 5. The summed E-state index contributed by atoms with van der Waals surface area (Å²) in [5, 5.41) is 13.2. The summed E-state index contributed by atoms with van der Waals surface area (Å²) in [5.74, 6) is 0.490. The molecular formula is C24H29N5O4. The number of aromatic nitrogens is 4. The number of aliphatic hydroxyl groups is 1. The summed E-state index contributed by atoms with van der Waals surface area (Å²) in [6.45, 7) is 4.24. The molecule has 9 heteroatoms. The van der Waals surface area contributed by atoms with Crippen LogP contribution in [0.5, 0.6) is 0 Å². The molecule has 3 N–H and O–H groups in total. The zero-order valence-corrected chi connectivity index (χ0v) is 18.9. The quantitative estimate of drug-likeness (QED) is 0.502. The van der Waals surface area contributed by atoms with Crippen LogP contribution in [0.3, 0.4) is 0 Å². The molecule has 1 unspecified atom stereocenters. The average molecular weight is 452 g/mol. The minimum absolute atomic E-state index is 0.0417. The molecule has 0 bridgehead atoms. The van der Waals surface area contributed by atoms with Gasteiger partial charge in [-0.25, -0.2) is 9.78 Å². The molecule has 1 aliphatic rings. The lowest BCUT2D eigenvalue weighted by atomic mass is 9.97. The maximum atomic E-state index is 12.4. The second-order valence-electron chi connectivity index (χ2n) is 8.51. The van der Waals surface area contributed by atoms with Crippen LogP contribution < -0.4 is 16.6 Å². The second-order valence-corrected chi connectivity index (χ2v) is 8.51. The number of fused-ring (bicyclic) bond motifs is 1. The zero-order chi connectivity index (χ0) is 23.5. The summed E-state index contributed by atoms with van der Waals surface area (Å²) in [4.78, 5) is 43.4. The van der Waals surface area contributed by atoms with Crippen LogP contribution in [-0.2, 0) is 24.2 Å². The molecule has 3 aromatic rings. The number of carbonyl (C=O) groups is 1. The van der Waals surface area contributed by atoms with Crippen molar-refractivity contribution in [3.63, 3.8) is 0 Å². The van der Waals surface area contributed by atoms with E-state index in [-0.39, 0.29) is 31.0 Å². The SMILES string of the molecule is Cc1ccc(C)n1-c1ccc(C(O)CNC(=O)CCn2c3c(c(=O)[nH]c2=O)CCCC3)cn1. The molecule has 0 aliphatic heterocycles. The van der Waals surface area contributed by atoms with Crippen molar-refractivity contribution in [1.82, 2.24) is 24.4 Å². The lowest BCUT2D eigenvalue weighted by Gasteiger charge is -2.19. The van der Waals surface area contributed by atoms with Crippen molar-refractivity contribution in [2.45, 2.75) is 58.6 Å². The molecule has 174 valence electrons. The number of rotatable bonds is 7. The minimum Gasteiger partial charge on any atom is -0.387 e. The second kappa shape index (κ2) is 9.58. The number of aryl methyl sites for hydroxylation is 2. The van der Waals surface area contributed by atoms with Gasteiger partial charge in [-0.05, 0) is 57.7 Å². The first-order chi connectivity index (χ1) is 15.8. The van der Waals surface area contributed by atoms with Gasteiger partial charge < -0.3 is 15.0 Å². The highest BCUT2D eigenvalue weighted by Crippen LogP contribution is 2.18. The van der Waals surface area contributed by atoms with E-state index in [1.165, 1.54) is 4.57 Å². The Labute approximate surface area is 191 Å². The van der Waals surface area contributed by atoms with Crippen molar-refractivity contribution in [3.05, 3.63) is 79.5 Å². The third-order valence-corrected chi connectivity index (χ3v) is 6.22. The molecule has 1 atom stereocenters. The van der Waals surface area contributed by atoms with Crippen molar-refractivity contribution >= 4 is 5.91 Å². The first-order valence-corrected chi connectivity index (χ1v) is 11.3. The molecular weight excluding hydrogens is 422 g/mol. The number of carbonyl (C=O) groups excluding carboxylic acids is 1. The van der Waals surface area contributed by atoms with Gasteiger partial charge in [0.15, 0.2) is 0 Å². The summed E-state index contributed by atoms with van der Waals surface area (Å²) in [6, 6.07) is 7.68. The van der Waals surface area contributed by atoms with Crippen LogP contribution in [0.4, 0.5) is 0 Å². The summed E-state index contributed by atoms with van der Waals surface area (Å²) < 4.78 is 3.52. The minimum atomic E-state index is -0.897. The van der Waals surface area contributed by atoms with E-state index in [1.54, 1.807) is 12.3 Å². The van der Waals surface area contributed by atoms with E-state index < -0.39 is 11.8 Å². The maximum absolute atomic E-state index is 12.4. The van der Waals surface area contributed by atoms with Crippen LogP contribution in [0.25, 0.3) is 5.82 Å². The fourth-order valence-electron chi connectivity index (χ4n) is 4.42. The first kappa shape index (κ1) is 22.7. The number of aliphatic hydroxyl groups excluding tert-OH is 1. The number of aromatic amines is 1. The number of pyridine rings is 1. The highest BCUT2D eigenvalue weighted by atomic mass is 16.3. The molecule has 0 saturated heterocycles. The van der Waals surface area contributed by atoms with Gasteiger partial charge in [0.2, 0.25) is 5.91 Å². The standard InChI is InChI=1S/C24H29N5O4/c1-15-7-8-16(2)29(15)21-10-9-17(13-25-21)20(30)14-26-22(31)11-12-28-19-6-4-3-5-18(19)23(32)27-24(28)33/h7-10,13,20,30H,3-6,11-12,14H2,1-2H3,(H,26,31)(H,27,32,33). The summed E-state index contributed by atoms with van der Waals surface area (Å²) >= 11 is 0. The number of hydrogen-bond donors (Lipinski definition) is 3. The lowest BCUT2D eigenvalue weighted by molar-refractivity contribution is -0.121. The van der Waals surface area contributed by atoms with Gasteiger partial charge in [-0.1, -0.05) is 6.07 Å². The summed E-state index contributed by atoms with van der Waals surface area (Å²) in [7, 11) is 0. The monoisotopic (exact) mass is 451 g/mol. The molecule has 33 heavy (non-hydrogen) atoms. The van der Waals surface area contributed by atoms with Gasteiger partial charge in [0.05, 0.1) is 6.10 Å². The Balaban J connectivity index is 1.34. The van der Waals surface area contributed by atoms with Crippen LogP contribution in [0, 0.1) is 13.8 Å². The van der Waals surface area contributed by atoms with Crippen molar-refractivity contribution in [2.24, 2.45) is 0 Å². The van der Waals surface area contributed by atoms with Gasteiger partial charge in [0.1, 0.15) is 5.82 Å². The van der Waals surface area contributed by atoms with Gasteiger partial charge in [-0.3, -0.25) is 19.1 Å². The molecule has 3 heterocycles. The Kier molecular flexibility index (Phi) is 6.60. The van der Waals surface area contributed by atoms with Gasteiger partial charge in [0, 0.05) is 53.9 Å². The van der Waals surface area contributed by atoms with Gasteiger partial charge in [-0.15, -0.1) is 0 Å². The van der Waals surface area contributed by atoms with Crippen molar-refractivity contribution in [2.75, 3.05) is 6.54 Å². The van der Waals surface area contributed by atoms with Gasteiger partial charge in [0.25, 0.3) is 5.56 Å². The molecule has 0 fully saturated rings. The van der Waals surface area contributed by atoms with E-state index >= 15 is 0 Å². The van der Waals surface area contributed by atoms with E-state index in [9.17, 15) is 19.5 Å². The number of nitrogens with zero attached hydrogens (tertiary/aromatic N) is 3.